The Kier molecular flexibility index (Phi) is 2.99. The topological polar surface area (TPSA) is 47.8 Å². The molecule has 0 unspecified atom stereocenters. The van der Waals surface area contributed by atoms with Crippen LogP contribution in [0.15, 0.2) is 24.4 Å². The van der Waals surface area contributed by atoms with Crippen LogP contribution in [-0.4, -0.2) is 20.8 Å². The fourth-order valence-corrected chi connectivity index (χ4v) is 1.56. The third kappa shape index (κ3) is 2.55. The molecule has 2 rings (SSSR count). The van der Waals surface area contributed by atoms with Gasteiger partial charge in [-0.1, -0.05) is 5.21 Å². The van der Waals surface area contributed by atoms with Crippen LogP contribution in [0.2, 0.25) is 0 Å². The third-order valence-corrected chi connectivity index (χ3v) is 2.47. The number of carbonyl (C=O) groups excluding carboxylic acids is 1. The van der Waals surface area contributed by atoms with E-state index in [4.69, 9.17) is 0 Å². The molecule has 88 valence electrons. The lowest BCUT2D eigenvalue weighted by molar-refractivity contribution is 0.0992. The predicted octanol–water partition coefficient (Wildman–Crippen LogP) is 1.69. The summed E-state index contributed by atoms with van der Waals surface area (Å²) in [5.74, 6) is -0.394. The van der Waals surface area contributed by atoms with Crippen molar-refractivity contribution >= 4 is 5.78 Å². The van der Waals surface area contributed by atoms with Crippen LogP contribution in [0.4, 0.5) is 4.39 Å². The van der Waals surface area contributed by atoms with Gasteiger partial charge in [-0.05, 0) is 30.7 Å². The van der Waals surface area contributed by atoms with Crippen molar-refractivity contribution in [1.82, 2.24) is 15.0 Å². The number of rotatable bonds is 3. The summed E-state index contributed by atoms with van der Waals surface area (Å²) in [6.07, 6.45) is 1.87. The Morgan fingerprint density at radius 3 is 2.82 bits per heavy atom. The van der Waals surface area contributed by atoms with Gasteiger partial charge in [0.15, 0.2) is 5.78 Å². The van der Waals surface area contributed by atoms with E-state index in [0.29, 0.717) is 16.8 Å². The minimum Gasteiger partial charge on any atom is -0.294 e. The first-order valence-corrected chi connectivity index (χ1v) is 5.21. The molecule has 0 saturated carbocycles. The van der Waals surface area contributed by atoms with Gasteiger partial charge in [-0.25, -0.2) is 4.39 Å². The molecule has 0 aliphatic heterocycles. The van der Waals surface area contributed by atoms with Gasteiger partial charge in [0.2, 0.25) is 0 Å². The SMILES string of the molecule is Cc1cc(C(=O)Cc2cn(C)nn2)ccc1F. The molecule has 0 radical (unpaired) electrons. The van der Waals surface area contributed by atoms with E-state index in [9.17, 15) is 9.18 Å². The summed E-state index contributed by atoms with van der Waals surface area (Å²) in [6.45, 7) is 1.63. The van der Waals surface area contributed by atoms with Gasteiger partial charge in [0.1, 0.15) is 5.82 Å². The van der Waals surface area contributed by atoms with E-state index >= 15 is 0 Å². The van der Waals surface area contributed by atoms with Crippen molar-refractivity contribution in [3.8, 4) is 0 Å². The highest BCUT2D eigenvalue weighted by molar-refractivity contribution is 5.97. The van der Waals surface area contributed by atoms with E-state index in [1.807, 2.05) is 0 Å². The van der Waals surface area contributed by atoms with Crippen LogP contribution in [0.25, 0.3) is 0 Å². The molecule has 0 aliphatic carbocycles. The van der Waals surface area contributed by atoms with Crippen molar-refractivity contribution in [3.05, 3.63) is 47.0 Å². The summed E-state index contributed by atoms with van der Waals surface area (Å²) < 4.78 is 14.6. The first-order valence-electron chi connectivity index (χ1n) is 5.21. The Bertz CT molecular complexity index is 563. The molecule has 4 nitrogen and oxygen atoms in total. The molecule has 17 heavy (non-hydrogen) atoms. The number of halogens is 1. The highest BCUT2D eigenvalue weighted by atomic mass is 19.1. The molecule has 0 fully saturated rings. The Morgan fingerprint density at radius 1 is 1.47 bits per heavy atom. The van der Waals surface area contributed by atoms with Gasteiger partial charge in [-0.3, -0.25) is 9.48 Å². The molecule has 0 aliphatic rings. The summed E-state index contributed by atoms with van der Waals surface area (Å²) in [5.41, 5.74) is 1.57. The summed E-state index contributed by atoms with van der Waals surface area (Å²) >= 11 is 0. The lowest BCUT2D eigenvalue weighted by Crippen LogP contribution is -2.04. The summed E-state index contributed by atoms with van der Waals surface area (Å²) in [4.78, 5) is 11.9. The minimum absolute atomic E-state index is 0.0893. The largest absolute Gasteiger partial charge is 0.294 e. The molecule has 1 aromatic heterocycles. The number of carbonyl (C=O) groups is 1. The van der Waals surface area contributed by atoms with E-state index in [2.05, 4.69) is 10.3 Å². The van der Waals surface area contributed by atoms with Crippen LogP contribution in [0.3, 0.4) is 0 Å². The molecular weight excluding hydrogens is 221 g/mol. The fraction of sp³-hybridized carbons (Fsp3) is 0.250. The molecule has 0 N–H and O–H groups in total. The summed E-state index contributed by atoms with van der Waals surface area (Å²) in [6, 6.07) is 4.34. The number of aromatic nitrogens is 3. The van der Waals surface area contributed by atoms with Gasteiger partial charge in [0.05, 0.1) is 12.1 Å². The lowest BCUT2D eigenvalue weighted by Gasteiger charge is -2.01. The second-order valence-corrected chi connectivity index (χ2v) is 3.95. The molecule has 5 heteroatoms. The Morgan fingerprint density at radius 2 is 2.24 bits per heavy atom. The van der Waals surface area contributed by atoms with Gasteiger partial charge in [0, 0.05) is 18.8 Å². The number of hydrogen-bond donors (Lipinski definition) is 0. The van der Waals surface area contributed by atoms with Gasteiger partial charge in [-0.15, -0.1) is 5.10 Å². The van der Waals surface area contributed by atoms with E-state index in [1.165, 1.54) is 12.1 Å². The maximum atomic E-state index is 13.1. The average molecular weight is 233 g/mol. The van der Waals surface area contributed by atoms with Crippen molar-refractivity contribution < 1.29 is 9.18 Å². The molecule has 0 amide bonds. The van der Waals surface area contributed by atoms with Gasteiger partial charge in [-0.2, -0.15) is 0 Å². The van der Waals surface area contributed by atoms with Crippen LogP contribution in [0.5, 0.6) is 0 Å². The number of Topliss-reactive ketones (excluding diaryl/α,β-unsaturated/α-hetero) is 1. The Hall–Kier alpha value is -2.04. The smallest absolute Gasteiger partial charge is 0.168 e. The van der Waals surface area contributed by atoms with Crippen LogP contribution >= 0.6 is 0 Å². The standard InChI is InChI=1S/C12H12FN3O/c1-8-5-9(3-4-11(8)13)12(17)6-10-7-16(2)15-14-10/h3-5,7H,6H2,1-2H3. The molecule has 1 heterocycles. The third-order valence-electron chi connectivity index (χ3n) is 2.47. The minimum atomic E-state index is -0.305. The number of aryl methyl sites for hydroxylation is 2. The number of benzene rings is 1. The second-order valence-electron chi connectivity index (χ2n) is 3.95. The molecule has 0 bridgehead atoms. The highest BCUT2D eigenvalue weighted by Crippen LogP contribution is 2.11. The normalized spacial score (nSPS) is 10.5. The maximum Gasteiger partial charge on any atom is 0.168 e. The quantitative estimate of drug-likeness (QED) is 0.758. The molecule has 2 aromatic rings. The Balaban J connectivity index is 2.17. The van der Waals surface area contributed by atoms with Crippen LogP contribution in [0, 0.1) is 12.7 Å². The molecule has 0 atom stereocenters. The van der Waals surface area contributed by atoms with Crippen molar-refractivity contribution in [1.29, 1.82) is 0 Å². The monoisotopic (exact) mass is 233 g/mol. The second kappa shape index (κ2) is 4.45. The van der Waals surface area contributed by atoms with Crippen LogP contribution in [0.1, 0.15) is 21.6 Å². The molecular formula is C12H12FN3O. The average Bonchev–Trinajstić information content (AvgIpc) is 2.68. The number of nitrogens with zero attached hydrogens (tertiary/aromatic N) is 3. The maximum absolute atomic E-state index is 13.1. The fourth-order valence-electron chi connectivity index (χ4n) is 1.56. The predicted molar refractivity (Wildman–Crippen MR) is 60.2 cm³/mol. The van der Waals surface area contributed by atoms with Crippen molar-refractivity contribution in [2.75, 3.05) is 0 Å². The lowest BCUT2D eigenvalue weighted by atomic mass is 10.0. The van der Waals surface area contributed by atoms with E-state index in [1.54, 1.807) is 30.9 Å². The Labute approximate surface area is 98.1 Å². The zero-order valence-corrected chi connectivity index (χ0v) is 9.64. The zero-order valence-electron chi connectivity index (χ0n) is 9.64. The molecule has 0 saturated heterocycles. The zero-order chi connectivity index (χ0) is 12.4. The summed E-state index contributed by atoms with van der Waals surface area (Å²) in [5, 5.41) is 7.59. The van der Waals surface area contributed by atoms with Crippen molar-refractivity contribution in [2.45, 2.75) is 13.3 Å². The van der Waals surface area contributed by atoms with E-state index in [0.717, 1.165) is 0 Å². The number of ketones is 1. The first kappa shape index (κ1) is 11.4. The highest BCUT2D eigenvalue weighted by Gasteiger charge is 2.10. The first-order chi connectivity index (χ1) is 8.06. The van der Waals surface area contributed by atoms with Gasteiger partial charge in [0.25, 0.3) is 0 Å². The van der Waals surface area contributed by atoms with E-state index in [-0.39, 0.29) is 18.0 Å². The molecule has 1 aromatic carbocycles. The van der Waals surface area contributed by atoms with E-state index < -0.39 is 0 Å². The molecule has 0 spiro atoms. The van der Waals surface area contributed by atoms with Crippen molar-refractivity contribution in [3.63, 3.8) is 0 Å². The van der Waals surface area contributed by atoms with Crippen molar-refractivity contribution in [2.24, 2.45) is 7.05 Å². The van der Waals surface area contributed by atoms with Gasteiger partial charge >= 0.3 is 0 Å². The van der Waals surface area contributed by atoms with Crippen LogP contribution in [-0.2, 0) is 13.5 Å². The van der Waals surface area contributed by atoms with Gasteiger partial charge < -0.3 is 0 Å². The number of hydrogen-bond acceptors (Lipinski definition) is 3. The summed E-state index contributed by atoms with van der Waals surface area (Å²) in [7, 11) is 1.74. The van der Waals surface area contributed by atoms with Crippen LogP contribution < -0.4 is 0 Å².